The summed E-state index contributed by atoms with van der Waals surface area (Å²) in [4.78, 5) is 4.59. The highest BCUT2D eigenvalue weighted by Crippen LogP contribution is 2.41. The van der Waals surface area contributed by atoms with Crippen LogP contribution in [0.1, 0.15) is 71.0 Å². The fraction of sp³-hybridized carbons (Fsp3) is 0.867. The van der Waals surface area contributed by atoms with Gasteiger partial charge in [0.15, 0.2) is 0 Å². The van der Waals surface area contributed by atoms with E-state index in [9.17, 15) is 0 Å². The minimum atomic E-state index is -0.526. The van der Waals surface area contributed by atoms with Crippen molar-refractivity contribution in [3.63, 3.8) is 0 Å². The van der Waals surface area contributed by atoms with Crippen molar-refractivity contribution in [1.29, 1.82) is 0 Å². The lowest BCUT2D eigenvalue weighted by atomic mass is 9.79. The van der Waals surface area contributed by atoms with Gasteiger partial charge >= 0.3 is 0 Å². The first-order valence-corrected chi connectivity index (χ1v) is 7.68. The van der Waals surface area contributed by atoms with Gasteiger partial charge in [-0.05, 0) is 44.4 Å². The molecule has 0 unspecified atom stereocenters. The SMILES string of the molecule is CCC(N)(CC)c1nc(C2(OC)CCC(C)CC2)no1. The first-order chi connectivity index (χ1) is 9.49. The zero-order valence-corrected chi connectivity index (χ0v) is 13.1. The number of rotatable bonds is 5. The molecule has 0 radical (unpaired) electrons. The monoisotopic (exact) mass is 281 g/mol. The Morgan fingerprint density at radius 1 is 1.35 bits per heavy atom. The Morgan fingerprint density at radius 2 is 1.95 bits per heavy atom. The molecule has 1 aromatic heterocycles. The van der Waals surface area contributed by atoms with Gasteiger partial charge in [-0.3, -0.25) is 0 Å². The molecule has 2 rings (SSSR count). The Balaban J connectivity index is 2.27. The number of methoxy groups -OCH3 is 1. The molecule has 1 aromatic rings. The van der Waals surface area contributed by atoms with E-state index in [1.54, 1.807) is 7.11 Å². The molecule has 0 aromatic carbocycles. The van der Waals surface area contributed by atoms with Gasteiger partial charge < -0.3 is 15.0 Å². The van der Waals surface area contributed by atoms with Gasteiger partial charge in [-0.15, -0.1) is 0 Å². The van der Waals surface area contributed by atoms with Crippen molar-refractivity contribution in [3.05, 3.63) is 11.7 Å². The lowest BCUT2D eigenvalue weighted by molar-refractivity contribution is -0.0609. The van der Waals surface area contributed by atoms with Crippen LogP contribution >= 0.6 is 0 Å². The number of hydrogen-bond acceptors (Lipinski definition) is 5. The van der Waals surface area contributed by atoms with Gasteiger partial charge in [-0.25, -0.2) is 0 Å². The molecule has 0 bridgehead atoms. The molecular formula is C15H27N3O2. The van der Waals surface area contributed by atoms with Gasteiger partial charge in [0.25, 0.3) is 0 Å². The smallest absolute Gasteiger partial charge is 0.246 e. The summed E-state index contributed by atoms with van der Waals surface area (Å²) < 4.78 is 11.2. The molecule has 0 atom stereocenters. The highest BCUT2D eigenvalue weighted by atomic mass is 16.5. The fourth-order valence-corrected chi connectivity index (χ4v) is 2.91. The van der Waals surface area contributed by atoms with Gasteiger partial charge in [-0.2, -0.15) is 4.98 Å². The number of hydrogen-bond donors (Lipinski definition) is 1. The summed E-state index contributed by atoms with van der Waals surface area (Å²) in [6.45, 7) is 6.36. The van der Waals surface area contributed by atoms with Crippen LogP contribution in [0.25, 0.3) is 0 Å². The van der Waals surface area contributed by atoms with E-state index in [4.69, 9.17) is 15.0 Å². The van der Waals surface area contributed by atoms with Crippen molar-refractivity contribution in [1.82, 2.24) is 10.1 Å². The molecule has 1 fully saturated rings. The zero-order chi connectivity index (χ0) is 14.8. The predicted octanol–water partition coefficient (Wildman–Crippen LogP) is 3.10. The summed E-state index contributed by atoms with van der Waals surface area (Å²) in [5.74, 6) is 1.94. The molecule has 0 amide bonds. The largest absolute Gasteiger partial charge is 0.370 e. The lowest BCUT2D eigenvalue weighted by Crippen LogP contribution is -2.37. The number of ether oxygens (including phenoxy) is 1. The predicted molar refractivity (Wildman–Crippen MR) is 77.1 cm³/mol. The average molecular weight is 281 g/mol. The van der Waals surface area contributed by atoms with Crippen molar-refractivity contribution >= 4 is 0 Å². The molecule has 2 N–H and O–H groups in total. The number of aromatic nitrogens is 2. The van der Waals surface area contributed by atoms with E-state index in [-0.39, 0.29) is 0 Å². The van der Waals surface area contributed by atoms with Crippen LogP contribution in [-0.2, 0) is 15.9 Å². The second-order valence-electron chi connectivity index (χ2n) is 6.17. The van der Waals surface area contributed by atoms with Crippen molar-refractivity contribution in [2.24, 2.45) is 11.7 Å². The molecule has 1 saturated carbocycles. The quantitative estimate of drug-likeness (QED) is 0.897. The van der Waals surface area contributed by atoms with Crippen LogP contribution in [0.5, 0.6) is 0 Å². The van der Waals surface area contributed by atoms with E-state index in [1.165, 1.54) is 0 Å². The van der Waals surface area contributed by atoms with E-state index in [2.05, 4.69) is 17.1 Å². The first-order valence-electron chi connectivity index (χ1n) is 7.68. The zero-order valence-electron chi connectivity index (χ0n) is 13.1. The van der Waals surface area contributed by atoms with E-state index in [0.29, 0.717) is 11.7 Å². The highest BCUT2D eigenvalue weighted by Gasteiger charge is 2.41. The highest BCUT2D eigenvalue weighted by molar-refractivity contribution is 5.08. The van der Waals surface area contributed by atoms with Crippen LogP contribution in [0.3, 0.4) is 0 Å². The van der Waals surface area contributed by atoms with Crippen LogP contribution in [-0.4, -0.2) is 17.3 Å². The summed E-state index contributed by atoms with van der Waals surface area (Å²) in [6, 6.07) is 0. The second-order valence-corrected chi connectivity index (χ2v) is 6.17. The molecule has 0 saturated heterocycles. The molecule has 5 heteroatoms. The van der Waals surface area contributed by atoms with E-state index >= 15 is 0 Å². The maximum Gasteiger partial charge on any atom is 0.246 e. The Hall–Kier alpha value is -0.940. The van der Waals surface area contributed by atoms with Crippen LogP contribution in [0.15, 0.2) is 4.52 Å². The molecule has 114 valence electrons. The molecular weight excluding hydrogens is 254 g/mol. The summed E-state index contributed by atoms with van der Waals surface area (Å²) >= 11 is 0. The summed E-state index contributed by atoms with van der Waals surface area (Å²) in [7, 11) is 1.74. The van der Waals surface area contributed by atoms with Crippen LogP contribution < -0.4 is 5.73 Å². The summed E-state index contributed by atoms with van der Waals surface area (Å²) in [5, 5.41) is 4.18. The molecule has 20 heavy (non-hydrogen) atoms. The van der Waals surface area contributed by atoms with Gasteiger partial charge in [0.1, 0.15) is 5.60 Å². The topological polar surface area (TPSA) is 74.2 Å². The van der Waals surface area contributed by atoms with E-state index in [1.807, 2.05) is 13.8 Å². The normalized spacial score (nSPS) is 27.8. The molecule has 0 spiro atoms. The Kier molecular flexibility index (Phi) is 4.49. The van der Waals surface area contributed by atoms with Crippen LogP contribution in [0, 0.1) is 5.92 Å². The van der Waals surface area contributed by atoms with E-state index in [0.717, 1.165) is 44.4 Å². The van der Waals surface area contributed by atoms with Crippen LogP contribution in [0.2, 0.25) is 0 Å². The molecule has 1 heterocycles. The average Bonchev–Trinajstić information content (AvgIpc) is 2.98. The lowest BCUT2D eigenvalue weighted by Gasteiger charge is -2.35. The Morgan fingerprint density at radius 3 is 2.45 bits per heavy atom. The number of nitrogens with two attached hydrogens (primary N) is 1. The minimum Gasteiger partial charge on any atom is -0.370 e. The molecule has 1 aliphatic carbocycles. The maximum absolute atomic E-state index is 6.33. The van der Waals surface area contributed by atoms with Gasteiger partial charge in [0.2, 0.25) is 11.7 Å². The van der Waals surface area contributed by atoms with Crippen molar-refractivity contribution < 1.29 is 9.26 Å². The number of nitrogens with zero attached hydrogens (tertiary/aromatic N) is 2. The van der Waals surface area contributed by atoms with Gasteiger partial charge in [-0.1, -0.05) is 25.9 Å². The molecule has 0 aliphatic heterocycles. The third kappa shape index (κ3) is 2.61. The fourth-order valence-electron chi connectivity index (χ4n) is 2.91. The summed E-state index contributed by atoms with van der Waals surface area (Å²) in [6.07, 6.45) is 5.71. The Bertz CT molecular complexity index is 432. The minimum absolute atomic E-state index is 0.392. The van der Waals surface area contributed by atoms with E-state index < -0.39 is 11.1 Å². The third-order valence-electron chi connectivity index (χ3n) is 4.99. The third-order valence-corrected chi connectivity index (χ3v) is 4.99. The maximum atomic E-state index is 6.33. The van der Waals surface area contributed by atoms with Crippen molar-refractivity contribution in [2.45, 2.75) is 70.4 Å². The van der Waals surface area contributed by atoms with Gasteiger partial charge in [0.05, 0.1) is 5.54 Å². The Labute approximate surface area is 121 Å². The van der Waals surface area contributed by atoms with Crippen molar-refractivity contribution in [3.8, 4) is 0 Å². The standard InChI is InChI=1S/C15H27N3O2/c1-5-14(16,6-2)13-17-12(18-20-13)15(19-4)9-7-11(3)8-10-15/h11H,5-10,16H2,1-4H3. The first kappa shape index (κ1) is 15.4. The molecule has 5 nitrogen and oxygen atoms in total. The van der Waals surface area contributed by atoms with Gasteiger partial charge in [0, 0.05) is 7.11 Å². The van der Waals surface area contributed by atoms with Crippen molar-refractivity contribution in [2.75, 3.05) is 7.11 Å². The second kappa shape index (κ2) is 5.82. The molecule has 1 aliphatic rings. The van der Waals surface area contributed by atoms with Crippen LogP contribution in [0.4, 0.5) is 0 Å². The summed E-state index contributed by atoms with van der Waals surface area (Å²) in [5.41, 5.74) is 5.41.